The monoisotopic (exact) mass is 240 g/mol. The predicted octanol–water partition coefficient (Wildman–Crippen LogP) is 1.35. The van der Waals surface area contributed by atoms with E-state index >= 15 is 0 Å². The van der Waals surface area contributed by atoms with Crippen molar-refractivity contribution in [1.29, 1.82) is 0 Å². The highest BCUT2D eigenvalue weighted by molar-refractivity contribution is 7.92. The van der Waals surface area contributed by atoms with Gasteiger partial charge in [0, 0.05) is 7.11 Å². The fourth-order valence-corrected chi connectivity index (χ4v) is 2.82. The van der Waals surface area contributed by atoms with E-state index in [0.717, 1.165) is 0 Å². The summed E-state index contributed by atoms with van der Waals surface area (Å²) in [6, 6.07) is 8.22. The van der Waals surface area contributed by atoms with Gasteiger partial charge in [-0.25, -0.2) is 8.42 Å². The summed E-state index contributed by atoms with van der Waals surface area (Å²) in [6.07, 6.45) is 2.50. The fourth-order valence-electron chi connectivity index (χ4n) is 1.46. The molecule has 0 aliphatic carbocycles. The van der Waals surface area contributed by atoms with Crippen molar-refractivity contribution >= 4 is 9.84 Å². The minimum absolute atomic E-state index is 0.251. The van der Waals surface area contributed by atoms with Crippen molar-refractivity contribution in [2.45, 2.75) is 16.6 Å². The van der Waals surface area contributed by atoms with Crippen LogP contribution >= 0.6 is 0 Å². The van der Waals surface area contributed by atoms with E-state index in [1.54, 1.807) is 36.4 Å². The van der Waals surface area contributed by atoms with Gasteiger partial charge in [-0.3, -0.25) is 0 Å². The van der Waals surface area contributed by atoms with Gasteiger partial charge in [0.1, 0.15) is 0 Å². The molecule has 86 valence electrons. The van der Waals surface area contributed by atoms with Crippen molar-refractivity contribution in [3.8, 4) is 0 Å². The zero-order valence-electron chi connectivity index (χ0n) is 8.74. The molecule has 1 aromatic rings. The zero-order valence-corrected chi connectivity index (χ0v) is 9.55. The highest BCUT2D eigenvalue weighted by atomic mass is 32.2. The molecule has 0 N–H and O–H groups in total. The van der Waals surface area contributed by atoms with E-state index < -0.39 is 21.6 Å². The first kappa shape index (κ1) is 11.3. The van der Waals surface area contributed by atoms with Gasteiger partial charge in [0.25, 0.3) is 0 Å². The van der Waals surface area contributed by atoms with Crippen LogP contribution in [0.15, 0.2) is 47.4 Å². The average Bonchev–Trinajstić information content (AvgIpc) is 2.79. The second kappa shape index (κ2) is 4.37. The molecule has 16 heavy (non-hydrogen) atoms. The van der Waals surface area contributed by atoms with Crippen molar-refractivity contribution in [1.82, 2.24) is 0 Å². The number of rotatable bonds is 3. The lowest BCUT2D eigenvalue weighted by Crippen LogP contribution is -2.23. The van der Waals surface area contributed by atoms with Crippen LogP contribution in [0.3, 0.4) is 0 Å². The molecule has 0 saturated heterocycles. The van der Waals surface area contributed by atoms with Crippen molar-refractivity contribution in [3.63, 3.8) is 0 Å². The quantitative estimate of drug-likeness (QED) is 0.748. The van der Waals surface area contributed by atoms with Crippen molar-refractivity contribution in [2.24, 2.45) is 0 Å². The van der Waals surface area contributed by atoms with Gasteiger partial charge in [-0.15, -0.1) is 0 Å². The minimum atomic E-state index is -3.47. The first-order chi connectivity index (χ1) is 7.64. The van der Waals surface area contributed by atoms with E-state index in [-0.39, 0.29) is 4.90 Å². The SMILES string of the molecule is COC1C=CC(S(=O)(=O)c2ccccc2)O1. The molecule has 0 radical (unpaired) electrons. The molecule has 0 spiro atoms. The van der Waals surface area contributed by atoms with Crippen LogP contribution in [0.2, 0.25) is 0 Å². The molecule has 0 fully saturated rings. The van der Waals surface area contributed by atoms with Crippen LogP contribution in [-0.2, 0) is 19.3 Å². The molecule has 1 heterocycles. The van der Waals surface area contributed by atoms with Gasteiger partial charge in [-0.05, 0) is 24.3 Å². The molecular formula is C11H12O4S. The maximum absolute atomic E-state index is 12.1. The zero-order chi connectivity index (χ0) is 11.6. The Morgan fingerprint density at radius 2 is 1.88 bits per heavy atom. The Bertz CT molecular complexity index is 478. The van der Waals surface area contributed by atoms with Gasteiger partial charge in [0.15, 0.2) is 11.7 Å². The van der Waals surface area contributed by atoms with Gasteiger partial charge in [0.05, 0.1) is 4.90 Å². The number of methoxy groups -OCH3 is 1. The van der Waals surface area contributed by atoms with Crippen LogP contribution in [0.1, 0.15) is 0 Å². The van der Waals surface area contributed by atoms with E-state index in [2.05, 4.69) is 0 Å². The summed E-state index contributed by atoms with van der Waals surface area (Å²) in [6.45, 7) is 0. The Labute approximate surface area is 94.4 Å². The first-order valence-electron chi connectivity index (χ1n) is 4.80. The Hall–Kier alpha value is -1.17. The first-order valence-corrected chi connectivity index (χ1v) is 6.35. The van der Waals surface area contributed by atoms with Gasteiger partial charge >= 0.3 is 0 Å². The molecule has 0 bridgehead atoms. The van der Waals surface area contributed by atoms with Crippen LogP contribution in [0, 0.1) is 0 Å². The average molecular weight is 240 g/mol. The lowest BCUT2D eigenvalue weighted by atomic mass is 10.4. The highest BCUT2D eigenvalue weighted by Crippen LogP contribution is 2.23. The molecule has 2 rings (SSSR count). The summed E-state index contributed by atoms with van der Waals surface area (Å²) >= 11 is 0. The van der Waals surface area contributed by atoms with E-state index in [1.165, 1.54) is 13.2 Å². The molecular weight excluding hydrogens is 228 g/mol. The lowest BCUT2D eigenvalue weighted by molar-refractivity contribution is -0.0789. The van der Waals surface area contributed by atoms with Gasteiger partial charge in [-0.2, -0.15) is 0 Å². The van der Waals surface area contributed by atoms with E-state index in [9.17, 15) is 8.42 Å². The molecule has 0 saturated carbocycles. The smallest absolute Gasteiger partial charge is 0.209 e. The Morgan fingerprint density at radius 3 is 2.44 bits per heavy atom. The van der Waals surface area contributed by atoms with Crippen LogP contribution in [0.25, 0.3) is 0 Å². The van der Waals surface area contributed by atoms with Crippen molar-refractivity contribution in [2.75, 3.05) is 7.11 Å². The van der Waals surface area contributed by atoms with Gasteiger partial charge in [0.2, 0.25) is 9.84 Å². The lowest BCUT2D eigenvalue weighted by Gasteiger charge is -2.13. The molecule has 2 unspecified atom stereocenters. The normalized spacial score (nSPS) is 24.8. The van der Waals surface area contributed by atoms with E-state index in [1.807, 2.05) is 0 Å². The number of hydrogen-bond acceptors (Lipinski definition) is 4. The summed E-state index contributed by atoms with van der Waals surface area (Å²) in [5, 5.41) is 0. The number of sulfone groups is 1. The second-order valence-corrected chi connectivity index (χ2v) is 5.38. The summed E-state index contributed by atoms with van der Waals surface area (Å²) < 4.78 is 34.2. The minimum Gasteiger partial charge on any atom is -0.352 e. The molecule has 5 heteroatoms. The third kappa shape index (κ3) is 2.02. The number of benzene rings is 1. The standard InChI is InChI=1S/C11H12O4S/c1-14-10-7-8-11(15-10)16(12,13)9-5-3-2-4-6-9/h2-8,10-11H,1H3. The van der Waals surface area contributed by atoms with E-state index in [4.69, 9.17) is 9.47 Å². The molecule has 1 aromatic carbocycles. The predicted molar refractivity (Wildman–Crippen MR) is 58.4 cm³/mol. The maximum atomic E-state index is 12.1. The van der Waals surface area contributed by atoms with Gasteiger partial charge in [-0.1, -0.05) is 18.2 Å². The topological polar surface area (TPSA) is 52.6 Å². The molecule has 0 aromatic heterocycles. The second-order valence-electron chi connectivity index (χ2n) is 3.35. The largest absolute Gasteiger partial charge is 0.352 e. The Balaban J connectivity index is 2.26. The molecule has 2 atom stereocenters. The van der Waals surface area contributed by atoms with Crippen molar-refractivity contribution < 1.29 is 17.9 Å². The Kier molecular flexibility index (Phi) is 3.09. The highest BCUT2D eigenvalue weighted by Gasteiger charge is 2.31. The maximum Gasteiger partial charge on any atom is 0.209 e. The van der Waals surface area contributed by atoms with Crippen LogP contribution in [0.5, 0.6) is 0 Å². The van der Waals surface area contributed by atoms with Crippen LogP contribution in [0.4, 0.5) is 0 Å². The number of hydrogen-bond donors (Lipinski definition) is 0. The Morgan fingerprint density at radius 1 is 1.19 bits per heavy atom. The molecule has 4 nitrogen and oxygen atoms in total. The van der Waals surface area contributed by atoms with Gasteiger partial charge < -0.3 is 9.47 Å². The van der Waals surface area contributed by atoms with E-state index in [0.29, 0.717) is 0 Å². The third-order valence-electron chi connectivity index (χ3n) is 2.30. The molecule has 0 amide bonds. The summed E-state index contributed by atoms with van der Waals surface area (Å²) in [4.78, 5) is 0.251. The summed E-state index contributed by atoms with van der Waals surface area (Å²) in [7, 11) is -2.01. The summed E-state index contributed by atoms with van der Waals surface area (Å²) in [5.41, 5.74) is -0.958. The molecule has 1 aliphatic rings. The van der Waals surface area contributed by atoms with Crippen LogP contribution in [-0.4, -0.2) is 27.3 Å². The molecule has 1 aliphatic heterocycles. The van der Waals surface area contributed by atoms with Crippen molar-refractivity contribution in [3.05, 3.63) is 42.5 Å². The third-order valence-corrected chi connectivity index (χ3v) is 4.11. The van der Waals surface area contributed by atoms with Crippen LogP contribution < -0.4 is 0 Å². The fraction of sp³-hybridized carbons (Fsp3) is 0.273. The number of ether oxygens (including phenoxy) is 2. The summed E-state index contributed by atoms with van der Waals surface area (Å²) in [5.74, 6) is 0.